The van der Waals surface area contributed by atoms with Crippen molar-refractivity contribution in [2.45, 2.75) is 0 Å². The van der Waals surface area contributed by atoms with Crippen molar-refractivity contribution < 1.29 is 14.0 Å². The fourth-order valence-electron chi connectivity index (χ4n) is 3.85. The number of amidine groups is 1. The minimum absolute atomic E-state index is 0.0913. The molecule has 13 heteroatoms. The molecule has 0 unspecified atom stereocenters. The highest BCUT2D eigenvalue weighted by molar-refractivity contribution is 6.45. The van der Waals surface area contributed by atoms with Crippen LogP contribution in [0.3, 0.4) is 0 Å². The first-order valence-electron chi connectivity index (χ1n) is 10.5. The summed E-state index contributed by atoms with van der Waals surface area (Å²) in [7, 11) is 0. The summed E-state index contributed by atoms with van der Waals surface area (Å²) in [4.78, 5) is 44.1. The Morgan fingerprint density at radius 2 is 1.97 bits per heavy atom. The molecule has 4 rings (SSSR count). The average Bonchev–Trinajstić information content (AvgIpc) is 3.33. The number of hydrogen-bond donors (Lipinski definition) is 3. The van der Waals surface area contributed by atoms with E-state index >= 15 is 0 Å². The van der Waals surface area contributed by atoms with Gasteiger partial charge < -0.3 is 20.5 Å². The number of halogens is 1. The minimum Gasteiger partial charge on any atom is -0.403 e. The molecule has 1 amide bonds. The van der Waals surface area contributed by atoms with Crippen LogP contribution in [0.2, 0.25) is 0 Å². The van der Waals surface area contributed by atoms with Crippen LogP contribution in [-0.2, 0) is 4.79 Å². The van der Waals surface area contributed by atoms with Crippen molar-refractivity contribution in [2.24, 2.45) is 16.6 Å². The molecular formula is C22H21FN10O2. The second-order valence-electron chi connectivity index (χ2n) is 7.49. The van der Waals surface area contributed by atoms with Gasteiger partial charge in [0.15, 0.2) is 17.5 Å². The number of aliphatic imine (C=N–C) groups is 1. The van der Waals surface area contributed by atoms with E-state index in [9.17, 15) is 14.0 Å². The lowest BCUT2D eigenvalue weighted by Crippen LogP contribution is -2.52. The van der Waals surface area contributed by atoms with Crippen LogP contribution in [0.4, 0.5) is 10.2 Å². The van der Waals surface area contributed by atoms with Crippen LogP contribution in [0.5, 0.6) is 0 Å². The fourth-order valence-corrected chi connectivity index (χ4v) is 3.85. The summed E-state index contributed by atoms with van der Waals surface area (Å²) in [6.45, 7) is 1.08. The molecule has 1 fully saturated rings. The third kappa shape index (κ3) is 4.50. The number of nitriles is 1. The number of hydrogen-bond acceptors (Lipinski definition) is 9. The SMILES string of the molecule is N#CN=C(c1ccccn1)N1CCN(C(=O)C(=O)c2c[nH]c3c(N(N)/C=C\N)ncc(F)c23)CC1. The highest BCUT2D eigenvalue weighted by atomic mass is 19.1. The van der Waals surface area contributed by atoms with E-state index in [-0.39, 0.29) is 35.4 Å². The lowest BCUT2D eigenvalue weighted by Gasteiger charge is -2.35. The number of aromatic nitrogens is 3. The third-order valence-corrected chi connectivity index (χ3v) is 5.49. The topological polar surface area (TPSA) is 174 Å². The summed E-state index contributed by atoms with van der Waals surface area (Å²) in [5, 5.41) is 10.1. The average molecular weight is 476 g/mol. The smallest absolute Gasteiger partial charge is 0.295 e. The first-order chi connectivity index (χ1) is 17.0. The van der Waals surface area contributed by atoms with E-state index in [0.717, 1.165) is 11.2 Å². The first-order valence-corrected chi connectivity index (χ1v) is 10.5. The quantitative estimate of drug-likeness (QED) is 0.0899. The standard InChI is InChI=1S/C22H21FN10O2/c23-15-12-29-21(33(26)6-4-24)18-17(15)14(11-28-18)19(34)22(35)32-9-7-31(8-10-32)20(30-13-25)16-3-1-2-5-27-16/h1-6,11-12,28H,7-10,24,26H2/b6-4-,30-20?. The summed E-state index contributed by atoms with van der Waals surface area (Å²) in [5.41, 5.74) is 5.90. The van der Waals surface area contributed by atoms with Gasteiger partial charge in [0.2, 0.25) is 6.19 Å². The molecule has 1 saturated heterocycles. The van der Waals surface area contributed by atoms with Crippen molar-refractivity contribution in [3.63, 3.8) is 0 Å². The lowest BCUT2D eigenvalue weighted by atomic mass is 10.1. The molecule has 0 aliphatic carbocycles. The summed E-state index contributed by atoms with van der Waals surface area (Å²) < 4.78 is 14.6. The fraction of sp³-hybridized carbons (Fsp3) is 0.182. The number of fused-ring (bicyclic) bond motifs is 1. The monoisotopic (exact) mass is 476 g/mol. The number of ketones is 1. The van der Waals surface area contributed by atoms with Gasteiger partial charge in [0.05, 0.1) is 22.7 Å². The van der Waals surface area contributed by atoms with Crippen LogP contribution >= 0.6 is 0 Å². The number of nitrogens with zero attached hydrogens (tertiary/aromatic N) is 7. The molecule has 1 aliphatic rings. The van der Waals surface area contributed by atoms with Gasteiger partial charge in [0.25, 0.3) is 11.7 Å². The number of Topliss-reactive ketones (excluding diaryl/α,β-unsaturated/α-hetero) is 1. The zero-order valence-electron chi connectivity index (χ0n) is 18.4. The van der Waals surface area contributed by atoms with E-state index in [4.69, 9.17) is 16.8 Å². The van der Waals surface area contributed by atoms with Crippen LogP contribution in [0, 0.1) is 17.3 Å². The van der Waals surface area contributed by atoms with E-state index in [1.165, 1.54) is 23.5 Å². The Morgan fingerprint density at radius 3 is 2.63 bits per heavy atom. The Balaban J connectivity index is 1.53. The Kier molecular flexibility index (Phi) is 6.65. The maximum Gasteiger partial charge on any atom is 0.295 e. The van der Waals surface area contributed by atoms with Crippen molar-refractivity contribution in [3.05, 3.63) is 66.3 Å². The van der Waals surface area contributed by atoms with E-state index in [1.807, 2.05) is 4.90 Å². The van der Waals surface area contributed by atoms with Gasteiger partial charge in [-0.3, -0.25) is 19.6 Å². The third-order valence-electron chi connectivity index (χ3n) is 5.49. The predicted octanol–water partition coefficient (Wildman–Crippen LogP) is 0.462. The van der Waals surface area contributed by atoms with Crippen molar-refractivity contribution >= 4 is 34.2 Å². The molecule has 0 aromatic carbocycles. The number of carbonyl (C=O) groups excluding carboxylic acids is 2. The molecule has 0 spiro atoms. The number of anilines is 1. The van der Waals surface area contributed by atoms with Gasteiger partial charge in [0.1, 0.15) is 5.69 Å². The van der Waals surface area contributed by atoms with Crippen LogP contribution < -0.4 is 16.6 Å². The molecule has 4 heterocycles. The Bertz CT molecular complexity index is 1350. The molecular weight excluding hydrogens is 455 g/mol. The molecule has 1 aliphatic heterocycles. The van der Waals surface area contributed by atoms with Gasteiger partial charge in [-0.15, -0.1) is 0 Å². The second-order valence-corrected chi connectivity index (χ2v) is 7.49. The number of carbonyl (C=O) groups is 2. The summed E-state index contributed by atoms with van der Waals surface area (Å²) in [5.74, 6) is 3.95. The number of piperazine rings is 1. The summed E-state index contributed by atoms with van der Waals surface area (Å²) >= 11 is 0. The molecule has 0 atom stereocenters. The second kappa shape index (κ2) is 9.98. The van der Waals surface area contributed by atoms with Crippen LogP contribution in [0.15, 0.2) is 54.2 Å². The molecule has 12 nitrogen and oxygen atoms in total. The lowest BCUT2D eigenvalue weighted by molar-refractivity contribution is -0.127. The van der Waals surface area contributed by atoms with Crippen LogP contribution in [0.25, 0.3) is 10.9 Å². The molecule has 5 N–H and O–H groups in total. The van der Waals surface area contributed by atoms with Crippen LogP contribution in [-0.4, -0.2) is 68.5 Å². The van der Waals surface area contributed by atoms with Gasteiger partial charge in [-0.05, 0) is 12.1 Å². The number of H-pyrrole nitrogens is 1. The van der Waals surface area contributed by atoms with Crippen molar-refractivity contribution in [2.75, 3.05) is 31.2 Å². The molecule has 35 heavy (non-hydrogen) atoms. The zero-order chi connectivity index (χ0) is 24.9. The number of nitrogens with two attached hydrogens (primary N) is 2. The number of rotatable bonds is 5. The van der Waals surface area contributed by atoms with Gasteiger partial charge in [0, 0.05) is 51.0 Å². The maximum absolute atomic E-state index is 14.6. The maximum atomic E-state index is 14.6. The highest BCUT2D eigenvalue weighted by Gasteiger charge is 2.31. The number of hydrazine groups is 1. The van der Waals surface area contributed by atoms with E-state index < -0.39 is 17.5 Å². The predicted molar refractivity (Wildman–Crippen MR) is 125 cm³/mol. The van der Waals surface area contributed by atoms with Crippen LogP contribution in [0.1, 0.15) is 16.1 Å². The highest BCUT2D eigenvalue weighted by Crippen LogP contribution is 2.28. The van der Waals surface area contributed by atoms with E-state index in [1.54, 1.807) is 30.6 Å². The summed E-state index contributed by atoms with van der Waals surface area (Å²) in [6, 6.07) is 5.27. The van der Waals surface area contributed by atoms with Crippen molar-refractivity contribution in [1.29, 1.82) is 5.26 Å². The normalized spacial score (nSPS) is 14.4. The van der Waals surface area contributed by atoms with E-state index in [0.29, 0.717) is 24.6 Å². The number of aromatic amines is 1. The van der Waals surface area contributed by atoms with Gasteiger partial charge in [-0.2, -0.15) is 10.3 Å². The molecule has 0 bridgehead atoms. The van der Waals surface area contributed by atoms with Gasteiger partial charge in [-0.1, -0.05) is 6.07 Å². The minimum atomic E-state index is -0.866. The molecule has 178 valence electrons. The van der Waals surface area contributed by atoms with Gasteiger partial charge >= 0.3 is 0 Å². The Labute approximate surface area is 198 Å². The largest absolute Gasteiger partial charge is 0.403 e. The number of amides is 1. The molecule has 0 saturated carbocycles. The Hall–Kier alpha value is -4.83. The molecule has 3 aromatic rings. The van der Waals surface area contributed by atoms with Crippen molar-refractivity contribution in [3.8, 4) is 6.19 Å². The van der Waals surface area contributed by atoms with Gasteiger partial charge in [-0.25, -0.2) is 15.2 Å². The molecule has 0 radical (unpaired) electrons. The number of pyridine rings is 2. The van der Waals surface area contributed by atoms with Crippen molar-refractivity contribution in [1.82, 2.24) is 24.8 Å². The molecule has 3 aromatic heterocycles. The zero-order valence-corrected chi connectivity index (χ0v) is 18.4. The Morgan fingerprint density at radius 1 is 1.23 bits per heavy atom. The van der Waals surface area contributed by atoms with E-state index in [2.05, 4.69) is 19.9 Å². The summed E-state index contributed by atoms with van der Waals surface area (Å²) in [6.07, 6.45) is 8.04. The number of nitrogens with one attached hydrogen (secondary N) is 1. The first kappa shape index (κ1) is 23.3.